The lowest BCUT2D eigenvalue weighted by molar-refractivity contribution is -0.115. The van der Waals surface area contributed by atoms with E-state index in [9.17, 15) is 9.59 Å². The number of nitriles is 1. The van der Waals surface area contributed by atoms with Crippen LogP contribution < -0.4 is 5.32 Å². The average molecular weight is 320 g/mol. The molecule has 1 heterocycles. The second-order valence-corrected chi connectivity index (χ2v) is 5.41. The zero-order chi connectivity index (χ0) is 16.4. The van der Waals surface area contributed by atoms with Gasteiger partial charge in [0.05, 0.1) is 28.3 Å². The molecule has 1 aromatic carbocycles. The highest BCUT2D eigenvalue weighted by Crippen LogP contribution is 2.32. The van der Waals surface area contributed by atoms with Gasteiger partial charge in [0, 0.05) is 19.7 Å². The minimum Gasteiger partial charge on any atom is -0.412 e. The number of benzene rings is 1. The van der Waals surface area contributed by atoms with Gasteiger partial charge in [0.2, 0.25) is 0 Å². The van der Waals surface area contributed by atoms with Crippen LogP contribution in [0.4, 0.5) is 4.79 Å². The van der Waals surface area contributed by atoms with Gasteiger partial charge in [-0.25, -0.2) is 4.79 Å². The van der Waals surface area contributed by atoms with Gasteiger partial charge in [-0.15, -0.1) is 0 Å². The number of hydrogen-bond acceptors (Lipinski definition) is 4. The summed E-state index contributed by atoms with van der Waals surface area (Å²) in [5.41, 5.74) is 1.01. The molecular formula is C15H14ClN3O3. The molecule has 6 nitrogen and oxygen atoms in total. The largest absolute Gasteiger partial charge is 0.414 e. The smallest absolute Gasteiger partial charge is 0.412 e. The number of rotatable bonds is 2. The van der Waals surface area contributed by atoms with Gasteiger partial charge in [-0.2, -0.15) is 5.26 Å². The van der Waals surface area contributed by atoms with E-state index >= 15 is 0 Å². The maximum absolute atomic E-state index is 12.2. The van der Waals surface area contributed by atoms with Gasteiger partial charge in [0.25, 0.3) is 5.91 Å². The molecule has 0 fully saturated rings. The molecular weight excluding hydrogens is 306 g/mol. The molecule has 114 valence electrons. The first kappa shape index (κ1) is 15.9. The number of amides is 2. The Labute approximate surface area is 132 Å². The second kappa shape index (κ2) is 6.08. The van der Waals surface area contributed by atoms with Crippen molar-refractivity contribution in [2.75, 3.05) is 14.1 Å². The summed E-state index contributed by atoms with van der Waals surface area (Å²) < 4.78 is 5.29. The van der Waals surface area contributed by atoms with Crippen molar-refractivity contribution >= 4 is 29.2 Å². The second-order valence-electron chi connectivity index (χ2n) is 5.00. The molecule has 1 N–H and O–H groups in total. The van der Waals surface area contributed by atoms with Gasteiger partial charge in [0.1, 0.15) is 5.76 Å². The van der Waals surface area contributed by atoms with E-state index in [-0.39, 0.29) is 22.3 Å². The van der Waals surface area contributed by atoms with E-state index in [1.54, 1.807) is 33.2 Å². The van der Waals surface area contributed by atoms with Crippen molar-refractivity contribution in [3.05, 3.63) is 40.1 Å². The van der Waals surface area contributed by atoms with E-state index in [2.05, 4.69) is 5.32 Å². The van der Waals surface area contributed by atoms with Crippen molar-refractivity contribution in [3.8, 4) is 6.07 Å². The Kier molecular flexibility index (Phi) is 4.38. The number of carbonyl (C=O) groups is 2. The number of halogens is 1. The standard InChI is InChI=1S/C15H14ClN3O3/c1-8-13(22-15(21)19(2)3)12(14(20)18-8)10-5-4-9(7-17)6-11(10)16/h4-6,8H,1-3H3,(H,18,20). The fourth-order valence-corrected chi connectivity index (χ4v) is 2.31. The number of carbonyl (C=O) groups excluding carboxylic acids is 2. The van der Waals surface area contributed by atoms with Crippen LogP contribution in [0.25, 0.3) is 5.57 Å². The molecule has 0 radical (unpaired) electrons. The molecule has 7 heteroatoms. The normalized spacial score (nSPS) is 17.0. The zero-order valence-corrected chi connectivity index (χ0v) is 13.1. The van der Waals surface area contributed by atoms with E-state index in [0.717, 1.165) is 0 Å². The average Bonchev–Trinajstić information content (AvgIpc) is 2.73. The van der Waals surface area contributed by atoms with E-state index in [4.69, 9.17) is 21.6 Å². The van der Waals surface area contributed by atoms with E-state index in [0.29, 0.717) is 11.1 Å². The first-order valence-electron chi connectivity index (χ1n) is 6.49. The molecule has 0 spiro atoms. The van der Waals surface area contributed by atoms with E-state index in [1.807, 2.05) is 6.07 Å². The molecule has 1 aliphatic rings. The Morgan fingerprint density at radius 2 is 2.14 bits per heavy atom. The summed E-state index contributed by atoms with van der Waals surface area (Å²) in [6.07, 6.45) is -0.583. The van der Waals surface area contributed by atoms with Crippen LogP contribution >= 0.6 is 11.6 Å². The predicted molar refractivity (Wildman–Crippen MR) is 80.9 cm³/mol. The van der Waals surface area contributed by atoms with Gasteiger partial charge in [-0.1, -0.05) is 17.7 Å². The quantitative estimate of drug-likeness (QED) is 0.905. The molecule has 1 aromatic rings. The summed E-state index contributed by atoms with van der Waals surface area (Å²) in [6, 6.07) is 6.11. The lowest BCUT2D eigenvalue weighted by Crippen LogP contribution is -2.29. The molecule has 1 aliphatic heterocycles. The highest BCUT2D eigenvalue weighted by atomic mass is 35.5. The molecule has 1 unspecified atom stereocenters. The Bertz CT molecular complexity index is 719. The third kappa shape index (κ3) is 2.90. The predicted octanol–water partition coefficient (Wildman–Crippen LogP) is 2.14. The number of nitrogens with zero attached hydrogens (tertiary/aromatic N) is 2. The molecule has 0 saturated carbocycles. The summed E-state index contributed by atoms with van der Waals surface area (Å²) in [5.74, 6) is -0.157. The van der Waals surface area contributed by atoms with Crippen molar-refractivity contribution in [1.82, 2.24) is 10.2 Å². The maximum atomic E-state index is 12.2. The van der Waals surface area contributed by atoms with Crippen molar-refractivity contribution in [1.29, 1.82) is 5.26 Å². The van der Waals surface area contributed by atoms with Crippen LogP contribution in [0.1, 0.15) is 18.1 Å². The van der Waals surface area contributed by atoms with Gasteiger partial charge >= 0.3 is 6.09 Å². The number of hydrogen-bond donors (Lipinski definition) is 1. The summed E-state index contributed by atoms with van der Waals surface area (Å²) in [5, 5.41) is 11.8. The lowest BCUT2D eigenvalue weighted by Gasteiger charge is -2.15. The van der Waals surface area contributed by atoms with Gasteiger partial charge in [-0.05, 0) is 19.1 Å². The molecule has 2 amide bonds. The summed E-state index contributed by atoms with van der Waals surface area (Å²) >= 11 is 6.15. The molecule has 1 atom stereocenters. The first-order chi connectivity index (χ1) is 10.3. The molecule has 0 aliphatic carbocycles. The summed E-state index contributed by atoms with van der Waals surface area (Å²) in [4.78, 5) is 25.2. The van der Waals surface area contributed by atoms with Crippen LogP contribution in [-0.2, 0) is 9.53 Å². The van der Waals surface area contributed by atoms with Crippen LogP contribution in [0.3, 0.4) is 0 Å². The minimum absolute atomic E-state index is 0.206. The van der Waals surface area contributed by atoms with Crippen molar-refractivity contribution in [3.63, 3.8) is 0 Å². The molecule has 2 rings (SSSR count). The minimum atomic E-state index is -0.583. The van der Waals surface area contributed by atoms with Gasteiger partial charge in [-0.3, -0.25) is 4.79 Å². The van der Waals surface area contributed by atoms with Crippen molar-refractivity contribution in [2.24, 2.45) is 0 Å². The Balaban J connectivity index is 2.52. The fourth-order valence-electron chi connectivity index (χ4n) is 2.03. The number of nitrogens with one attached hydrogen (secondary N) is 1. The lowest BCUT2D eigenvalue weighted by atomic mass is 10.0. The summed E-state index contributed by atoms with van der Waals surface area (Å²) in [6.45, 7) is 1.71. The fraction of sp³-hybridized carbons (Fsp3) is 0.267. The van der Waals surface area contributed by atoms with Crippen molar-refractivity contribution < 1.29 is 14.3 Å². The Morgan fingerprint density at radius 3 is 2.68 bits per heavy atom. The van der Waals surface area contributed by atoms with Crippen LogP contribution in [0.15, 0.2) is 24.0 Å². The van der Waals surface area contributed by atoms with Gasteiger partial charge in [0.15, 0.2) is 0 Å². The Hall–Kier alpha value is -2.52. The summed E-state index contributed by atoms with van der Waals surface area (Å²) in [7, 11) is 3.10. The molecule has 22 heavy (non-hydrogen) atoms. The van der Waals surface area contributed by atoms with Crippen LogP contribution in [0.2, 0.25) is 5.02 Å². The maximum Gasteiger partial charge on any atom is 0.414 e. The van der Waals surface area contributed by atoms with Crippen LogP contribution in [-0.4, -0.2) is 37.0 Å². The Morgan fingerprint density at radius 1 is 1.45 bits per heavy atom. The first-order valence-corrected chi connectivity index (χ1v) is 6.87. The zero-order valence-electron chi connectivity index (χ0n) is 12.3. The van der Waals surface area contributed by atoms with Crippen molar-refractivity contribution in [2.45, 2.75) is 13.0 Å². The number of ether oxygens (including phenoxy) is 1. The monoisotopic (exact) mass is 319 g/mol. The van der Waals surface area contributed by atoms with E-state index < -0.39 is 12.1 Å². The highest BCUT2D eigenvalue weighted by molar-refractivity contribution is 6.35. The SMILES string of the molecule is CC1NC(=O)C(c2ccc(C#N)cc2Cl)=C1OC(=O)N(C)C. The molecule has 0 aromatic heterocycles. The topological polar surface area (TPSA) is 82.4 Å². The van der Waals surface area contributed by atoms with Crippen LogP contribution in [0, 0.1) is 11.3 Å². The highest BCUT2D eigenvalue weighted by Gasteiger charge is 2.34. The van der Waals surface area contributed by atoms with Gasteiger partial charge < -0.3 is 15.0 Å². The van der Waals surface area contributed by atoms with E-state index in [1.165, 1.54) is 11.0 Å². The molecule has 0 saturated heterocycles. The molecule has 0 bridgehead atoms. The third-order valence-electron chi connectivity index (χ3n) is 3.14. The van der Waals surface area contributed by atoms with Crippen LogP contribution in [0.5, 0.6) is 0 Å². The third-order valence-corrected chi connectivity index (χ3v) is 3.46.